The summed E-state index contributed by atoms with van der Waals surface area (Å²) in [5, 5.41) is 0.982. The Balaban J connectivity index is 1.52. The van der Waals surface area contributed by atoms with Gasteiger partial charge >= 0.3 is 0 Å². The van der Waals surface area contributed by atoms with E-state index in [9.17, 15) is 0 Å². The minimum atomic E-state index is 0.898. The molecule has 1 aromatic carbocycles. The van der Waals surface area contributed by atoms with Crippen LogP contribution < -0.4 is 0 Å². The number of hydrogen-bond acceptors (Lipinski definition) is 3. The minimum absolute atomic E-state index is 0.898. The molecule has 0 saturated heterocycles. The van der Waals surface area contributed by atoms with Crippen LogP contribution in [0.1, 0.15) is 17.0 Å². The first-order valence-corrected chi connectivity index (χ1v) is 7.56. The lowest BCUT2D eigenvalue weighted by atomic mass is 10.1. The van der Waals surface area contributed by atoms with Gasteiger partial charge in [-0.1, -0.05) is 42.1 Å². The fourth-order valence-electron chi connectivity index (χ4n) is 2.00. The Morgan fingerprint density at radius 1 is 1.05 bits per heavy atom. The lowest BCUT2D eigenvalue weighted by Crippen LogP contribution is -1.90. The second kappa shape index (κ2) is 6.43. The molecular formula is C15H16N4S. The quantitative estimate of drug-likeness (QED) is 0.684. The van der Waals surface area contributed by atoms with Crippen molar-refractivity contribution in [3.63, 3.8) is 0 Å². The molecule has 0 amide bonds. The third-order valence-electron chi connectivity index (χ3n) is 3.01. The van der Waals surface area contributed by atoms with Crippen molar-refractivity contribution in [2.24, 2.45) is 0 Å². The zero-order valence-electron chi connectivity index (χ0n) is 11.0. The Kier molecular flexibility index (Phi) is 4.18. The van der Waals surface area contributed by atoms with Crippen molar-refractivity contribution in [3.05, 3.63) is 66.0 Å². The second-order valence-corrected chi connectivity index (χ2v) is 5.63. The third kappa shape index (κ3) is 3.51. The summed E-state index contributed by atoms with van der Waals surface area (Å²) < 4.78 is 0. The van der Waals surface area contributed by atoms with Gasteiger partial charge in [-0.25, -0.2) is 9.97 Å². The molecule has 0 aliphatic heterocycles. The number of benzene rings is 1. The number of aryl methyl sites for hydroxylation is 1. The number of rotatable bonds is 6. The van der Waals surface area contributed by atoms with Crippen LogP contribution >= 0.6 is 11.8 Å². The predicted octanol–water partition coefficient (Wildman–Crippen LogP) is 3.06. The normalized spacial score (nSPS) is 10.8. The first kappa shape index (κ1) is 13.0. The van der Waals surface area contributed by atoms with Crippen molar-refractivity contribution >= 4 is 11.8 Å². The van der Waals surface area contributed by atoms with Crippen molar-refractivity contribution in [1.82, 2.24) is 19.9 Å². The summed E-state index contributed by atoms with van der Waals surface area (Å²) in [4.78, 5) is 14.9. The van der Waals surface area contributed by atoms with Gasteiger partial charge in [0.2, 0.25) is 0 Å². The molecule has 0 saturated carbocycles. The molecule has 0 aliphatic carbocycles. The van der Waals surface area contributed by atoms with Crippen LogP contribution in [0.3, 0.4) is 0 Å². The van der Waals surface area contributed by atoms with Crippen LogP contribution in [-0.2, 0) is 12.8 Å². The Morgan fingerprint density at radius 2 is 1.95 bits per heavy atom. The number of nitrogens with one attached hydrogen (secondary N) is 2. The molecule has 0 spiro atoms. The smallest absolute Gasteiger partial charge is 0.165 e. The molecule has 0 atom stereocenters. The molecule has 0 radical (unpaired) electrons. The van der Waals surface area contributed by atoms with Gasteiger partial charge in [0, 0.05) is 36.0 Å². The van der Waals surface area contributed by atoms with E-state index in [1.165, 1.54) is 5.56 Å². The molecule has 2 N–H and O–H groups in total. The van der Waals surface area contributed by atoms with Crippen LogP contribution in [0.5, 0.6) is 0 Å². The van der Waals surface area contributed by atoms with Crippen molar-refractivity contribution in [2.45, 2.75) is 18.0 Å². The van der Waals surface area contributed by atoms with Gasteiger partial charge in [-0.3, -0.25) is 0 Å². The Bertz CT molecular complexity index is 631. The van der Waals surface area contributed by atoms with E-state index >= 15 is 0 Å². The van der Waals surface area contributed by atoms with E-state index in [1.807, 2.05) is 18.5 Å². The number of aromatic amines is 2. The first-order chi connectivity index (χ1) is 9.90. The number of nitrogens with zero attached hydrogens (tertiary/aromatic N) is 2. The fraction of sp³-hybridized carbons (Fsp3) is 0.200. The fourth-order valence-corrected chi connectivity index (χ4v) is 2.84. The average Bonchev–Trinajstić information content (AvgIpc) is 3.12. The van der Waals surface area contributed by atoms with Crippen molar-refractivity contribution in [2.75, 3.05) is 5.75 Å². The van der Waals surface area contributed by atoms with Crippen LogP contribution in [0.25, 0.3) is 0 Å². The summed E-state index contributed by atoms with van der Waals surface area (Å²) in [5.74, 6) is 0.987. The SMILES string of the molecule is c1ccc(Cc2cnc(SCCc3cnc[nH]3)[nH]2)cc1. The molecule has 5 heteroatoms. The van der Waals surface area contributed by atoms with Crippen molar-refractivity contribution in [3.8, 4) is 0 Å². The number of hydrogen-bond donors (Lipinski definition) is 2. The van der Waals surface area contributed by atoms with E-state index < -0.39 is 0 Å². The number of aromatic nitrogens is 4. The number of imidazole rings is 2. The van der Waals surface area contributed by atoms with Crippen LogP contribution in [0.4, 0.5) is 0 Å². The van der Waals surface area contributed by atoms with Gasteiger partial charge < -0.3 is 9.97 Å². The topological polar surface area (TPSA) is 57.4 Å². The number of H-pyrrole nitrogens is 2. The molecule has 3 aromatic rings. The lowest BCUT2D eigenvalue weighted by Gasteiger charge is -1.98. The Morgan fingerprint density at radius 3 is 2.75 bits per heavy atom. The molecular weight excluding hydrogens is 268 g/mol. The van der Waals surface area contributed by atoms with Gasteiger partial charge in [0.05, 0.1) is 6.33 Å². The first-order valence-electron chi connectivity index (χ1n) is 6.58. The maximum atomic E-state index is 4.41. The lowest BCUT2D eigenvalue weighted by molar-refractivity contribution is 1.00. The van der Waals surface area contributed by atoms with Gasteiger partial charge in [-0.05, 0) is 12.0 Å². The molecule has 2 aromatic heterocycles. The van der Waals surface area contributed by atoms with E-state index in [0.717, 1.165) is 35.1 Å². The molecule has 102 valence electrons. The van der Waals surface area contributed by atoms with E-state index in [-0.39, 0.29) is 0 Å². The standard InChI is InChI=1S/C15H16N4S/c1-2-4-12(5-3-1)8-14-10-17-15(19-14)20-7-6-13-9-16-11-18-13/h1-5,9-11H,6-8H2,(H,16,18)(H,17,19). The summed E-state index contributed by atoms with van der Waals surface area (Å²) in [7, 11) is 0. The highest BCUT2D eigenvalue weighted by Crippen LogP contribution is 2.16. The van der Waals surface area contributed by atoms with Gasteiger partial charge in [0.1, 0.15) is 0 Å². The molecule has 20 heavy (non-hydrogen) atoms. The van der Waals surface area contributed by atoms with Crippen LogP contribution in [0, 0.1) is 0 Å². The van der Waals surface area contributed by atoms with Crippen LogP contribution in [0.15, 0.2) is 54.2 Å². The van der Waals surface area contributed by atoms with Crippen molar-refractivity contribution < 1.29 is 0 Å². The molecule has 4 nitrogen and oxygen atoms in total. The zero-order valence-corrected chi connectivity index (χ0v) is 11.9. The summed E-state index contributed by atoms with van der Waals surface area (Å²) in [6.45, 7) is 0. The molecule has 0 unspecified atom stereocenters. The summed E-state index contributed by atoms with van der Waals surface area (Å²) >= 11 is 1.74. The van der Waals surface area contributed by atoms with Gasteiger partial charge in [-0.15, -0.1) is 0 Å². The Labute approximate surface area is 122 Å². The molecule has 0 bridgehead atoms. The molecule has 3 rings (SSSR count). The molecule has 0 fully saturated rings. The zero-order chi connectivity index (χ0) is 13.6. The maximum absolute atomic E-state index is 4.41. The summed E-state index contributed by atoms with van der Waals surface area (Å²) in [6, 6.07) is 10.4. The molecule has 2 heterocycles. The van der Waals surface area contributed by atoms with Gasteiger partial charge in [-0.2, -0.15) is 0 Å². The van der Waals surface area contributed by atoms with E-state index in [0.29, 0.717) is 0 Å². The van der Waals surface area contributed by atoms with Crippen LogP contribution in [0.2, 0.25) is 0 Å². The van der Waals surface area contributed by atoms with E-state index in [4.69, 9.17) is 0 Å². The third-order valence-corrected chi connectivity index (χ3v) is 3.90. The Hall–Kier alpha value is -2.01. The molecule has 0 aliphatic rings. The van der Waals surface area contributed by atoms with Gasteiger partial charge in [0.25, 0.3) is 0 Å². The highest BCUT2D eigenvalue weighted by molar-refractivity contribution is 7.99. The monoisotopic (exact) mass is 284 g/mol. The van der Waals surface area contributed by atoms with E-state index in [1.54, 1.807) is 18.1 Å². The average molecular weight is 284 g/mol. The second-order valence-electron chi connectivity index (χ2n) is 4.55. The van der Waals surface area contributed by atoms with Crippen LogP contribution in [-0.4, -0.2) is 25.7 Å². The van der Waals surface area contributed by atoms with E-state index in [2.05, 4.69) is 44.2 Å². The van der Waals surface area contributed by atoms with Gasteiger partial charge in [0.15, 0.2) is 5.16 Å². The number of thioether (sulfide) groups is 1. The highest BCUT2D eigenvalue weighted by atomic mass is 32.2. The minimum Gasteiger partial charge on any atom is -0.348 e. The maximum Gasteiger partial charge on any atom is 0.165 e. The summed E-state index contributed by atoms with van der Waals surface area (Å²) in [6.07, 6.45) is 7.37. The largest absolute Gasteiger partial charge is 0.348 e. The summed E-state index contributed by atoms with van der Waals surface area (Å²) in [5.41, 5.74) is 3.61. The van der Waals surface area contributed by atoms with Crippen molar-refractivity contribution in [1.29, 1.82) is 0 Å². The highest BCUT2D eigenvalue weighted by Gasteiger charge is 2.03. The predicted molar refractivity (Wildman–Crippen MR) is 80.9 cm³/mol.